The maximum atomic E-state index is 12.7. The van der Waals surface area contributed by atoms with Crippen LogP contribution in [0.25, 0.3) is 0 Å². The second kappa shape index (κ2) is 9.91. The van der Waals surface area contributed by atoms with Gasteiger partial charge in [0, 0.05) is 18.3 Å². The van der Waals surface area contributed by atoms with Crippen molar-refractivity contribution in [1.82, 2.24) is 9.97 Å². The molecule has 0 radical (unpaired) electrons. The quantitative estimate of drug-likeness (QED) is 0.645. The molecule has 0 aliphatic heterocycles. The number of ether oxygens (including phenoxy) is 2. The summed E-state index contributed by atoms with van der Waals surface area (Å²) in [6, 6.07) is 6.88. The van der Waals surface area contributed by atoms with E-state index in [0.717, 1.165) is 18.7 Å². The first-order valence-corrected chi connectivity index (χ1v) is 9.90. The first kappa shape index (κ1) is 20.6. The minimum Gasteiger partial charge on any atom is -0.497 e. The Balaban J connectivity index is 1.67. The Morgan fingerprint density at radius 2 is 2.00 bits per heavy atom. The van der Waals surface area contributed by atoms with E-state index in [2.05, 4.69) is 26.7 Å². The Labute approximate surface area is 171 Å². The van der Waals surface area contributed by atoms with Crippen LogP contribution in [0.2, 0.25) is 0 Å². The summed E-state index contributed by atoms with van der Waals surface area (Å²) in [4.78, 5) is 21.5. The number of nitrogens with zero attached hydrogens (tertiary/aromatic N) is 2. The van der Waals surface area contributed by atoms with Gasteiger partial charge in [-0.1, -0.05) is 11.6 Å². The van der Waals surface area contributed by atoms with Crippen molar-refractivity contribution < 1.29 is 14.3 Å². The number of carbonyl (C=O) groups is 1. The summed E-state index contributed by atoms with van der Waals surface area (Å²) in [7, 11) is 3.12. The lowest BCUT2D eigenvalue weighted by molar-refractivity contribution is 0.102. The molecule has 1 aliphatic rings. The Hall–Kier alpha value is -3.09. The van der Waals surface area contributed by atoms with E-state index in [9.17, 15) is 4.79 Å². The molecule has 1 amide bonds. The van der Waals surface area contributed by atoms with Gasteiger partial charge in [-0.15, -0.1) is 0 Å². The zero-order valence-corrected chi connectivity index (χ0v) is 17.2. The van der Waals surface area contributed by atoms with E-state index >= 15 is 0 Å². The molecule has 2 N–H and O–H groups in total. The predicted octanol–water partition coefficient (Wildman–Crippen LogP) is 4.36. The van der Waals surface area contributed by atoms with Gasteiger partial charge >= 0.3 is 0 Å². The number of benzene rings is 1. The van der Waals surface area contributed by atoms with E-state index in [1.807, 2.05) is 6.92 Å². The van der Waals surface area contributed by atoms with Crippen LogP contribution in [-0.4, -0.2) is 36.6 Å². The number of aromatic nitrogens is 2. The number of allylic oxidation sites excluding steroid dienone is 1. The van der Waals surface area contributed by atoms with Gasteiger partial charge in [-0.05, 0) is 57.2 Å². The van der Waals surface area contributed by atoms with Gasteiger partial charge in [0.1, 0.15) is 17.2 Å². The smallest absolute Gasteiger partial charge is 0.274 e. The zero-order valence-electron chi connectivity index (χ0n) is 17.2. The summed E-state index contributed by atoms with van der Waals surface area (Å²) in [6.45, 7) is 2.60. The molecule has 154 valence electrons. The van der Waals surface area contributed by atoms with Crippen LogP contribution in [0.3, 0.4) is 0 Å². The van der Waals surface area contributed by atoms with Crippen molar-refractivity contribution in [1.29, 1.82) is 0 Å². The molecule has 0 atom stereocenters. The number of rotatable bonds is 8. The summed E-state index contributed by atoms with van der Waals surface area (Å²) >= 11 is 0. The summed E-state index contributed by atoms with van der Waals surface area (Å²) < 4.78 is 10.5. The molecule has 3 rings (SSSR count). The van der Waals surface area contributed by atoms with E-state index in [0.29, 0.717) is 28.8 Å². The molecule has 2 aromatic rings. The standard InChI is InChI=1S/C22H28N4O3/c1-15-13-19(21(27)25-18-10-9-17(28-2)14-20(18)29-3)26-22(24-15)23-12-11-16-7-5-4-6-8-16/h7,9-10,13-14H,4-6,8,11-12H2,1-3H3,(H,25,27)(H,23,24,26). The molecule has 1 heterocycles. The Morgan fingerprint density at radius 3 is 2.72 bits per heavy atom. The van der Waals surface area contributed by atoms with E-state index in [-0.39, 0.29) is 5.91 Å². The summed E-state index contributed by atoms with van der Waals surface area (Å²) in [5.74, 6) is 1.31. The number of aryl methyl sites for hydroxylation is 1. The van der Waals surface area contributed by atoms with Crippen molar-refractivity contribution in [2.45, 2.75) is 39.0 Å². The molecule has 29 heavy (non-hydrogen) atoms. The molecule has 7 heteroatoms. The molecule has 7 nitrogen and oxygen atoms in total. The van der Waals surface area contributed by atoms with Gasteiger partial charge in [0.15, 0.2) is 0 Å². The van der Waals surface area contributed by atoms with Crippen LogP contribution < -0.4 is 20.1 Å². The maximum absolute atomic E-state index is 12.7. The minimum absolute atomic E-state index is 0.301. The second-order valence-corrected chi connectivity index (χ2v) is 7.02. The van der Waals surface area contributed by atoms with E-state index in [4.69, 9.17) is 9.47 Å². The van der Waals surface area contributed by atoms with Crippen molar-refractivity contribution in [2.75, 3.05) is 31.4 Å². The molecule has 0 saturated heterocycles. The molecule has 1 aromatic heterocycles. The highest BCUT2D eigenvalue weighted by Crippen LogP contribution is 2.29. The van der Waals surface area contributed by atoms with Crippen LogP contribution in [0, 0.1) is 6.92 Å². The van der Waals surface area contributed by atoms with Crippen LogP contribution in [0.4, 0.5) is 11.6 Å². The van der Waals surface area contributed by atoms with E-state index < -0.39 is 0 Å². The molecule has 0 unspecified atom stereocenters. The van der Waals surface area contributed by atoms with Gasteiger partial charge in [-0.3, -0.25) is 4.79 Å². The maximum Gasteiger partial charge on any atom is 0.274 e. The van der Waals surface area contributed by atoms with Crippen molar-refractivity contribution in [3.8, 4) is 11.5 Å². The zero-order chi connectivity index (χ0) is 20.6. The highest BCUT2D eigenvalue weighted by Gasteiger charge is 2.14. The van der Waals surface area contributed by atoms with Crippen LogP contribution in [0.1, 0.15) is 48.3 Å². The SMILES string of the molecule is COc1ccc(NC(=O)c2cc(C)nc(NCCC3=CCCCC3)n2)c(OC)c1. The molecule has 1 aromatic carbocycles. The van der Waals surface area contributed by atoms with Gasteiger partial charge in [0.05, 0.1) is 19.9 Å². The first-order chi connectivity index (χ1) is 14.1. The first-order valence-electron chi connectivity index (χ1n) is 9.90. The predicted molar refractivity (Wildman–Crippen MR) is 114 cm³/mol. The van der Waals surface area contributed by atoms with E-state index in [1.54, 1.807) is 38.5 Å². The molecule has 1 aliphatic carbocycles. The molecular formula is C22H28N4O3. The summed E-state index contributed by atoms with van der Waals surface area (Å²) in [5, 5.41) is 6.09. The van der Waals surface area contributed by atoms with Crippen LogP contribution in [-0.2, 0) is 0 Å². The van der Waals surface area contributed by atoms with Gasteiger partial charge in [-0.25, -0.2) is 9.97 Å². The summed E-state index contributed by atoms with van der Waals surface area (Å²) in [6.07, 6.45) is 8.22. The number of nitrogens with one attached hydrogen (secondary N) is 2. The van der Waals surface area contributed by atoms with Gasteiger partial charge in [0.2, 0.25) is 5.95 Å². The van der Waals surface area contributed by atoms with E-state index in [1.165, 1.54) is 31.3 Å². The van der Waals surface area contributed by atoms with Gasteiger partial charge in [-0.2, -0.15) is 0 Å². The Kier molecular flexibility index (Phi) is 7.05. The number of amides is 1. The minimum atomic E-state index is -0.322. The van der Waals surface area contributed by atoms with Crippen LogP contribution in [0.5, 0.6) is 11.5 Å². The Morgan fingerprint density at radius 1 is 1.14 bits per heavy atom. The molecular weight excluding hydrogens is 368 g/mol. The number of anilines is 2. The highest BCUT2D eigenvalue weighted by molar-refractivity contribution is 6.04. The van der Waals surface area contributed by atoms with Crippen LogP contribution >= 0.6 is 0 Å². The van der Waals surface area contributed by atoms with Gasteiger partial charge < -0.3 is 20.1 Å². The molecule has 0 bridgehead atoms. The number of hydrogen-bond donors (Lipinski definition) is 2. The fraction of sp³-hybridized carbons (Fsp3) is 0.409. The average molecular weight is 396 g/mol. The number of hydrogen-bond acceptors (Lipinski definition) is 6. The monoisotopic (exact) mass is 396 g/mol. The average Bonchev–Trinajstić information content (AvgIpc) is 2.74. The summed E-state index contributed by atoms with van der Waals surface area (Å²) in [5.41, 5.74) is 3.07. The van der Waals surface area contributed by atoms with Gasteiger partial charge in [0.25, 0.3) is 5.91 Å². The van der Waals surface area contributed by atoms with Crippen molar-refractivity contribution >= 4 is 17.5 Å². The normalized spacial score (nSPS) is 13.4. The molecule has 0 saturated carbocycles. The topological polar surface area (TPSA) is 85.4 Å². The second-order valence-electron chi connectivity index (χ2n) is 7.02. The molecule has 0 spiro atoms. The molecule has 0 fully saturated rings. The van der Waals surface area contributed by atoms with Crippen molar-refractivity contribution in [3.05, 3.63) is 47.3 Å². The lowest BCUT2D eigenvalue weighted by atomic mass is 9.97. The van der Waals surface area contributed by atoms with Crippen molar-refractivity contribution in [2.24, 2.45) is 0 Å². The fourth-order valence-corrected chi connectivity index (χ4v) is 3.32. The Bertz CT molecular complexity index is 896. The third-order valence-electron chi connectivity index (χ3n) is 4.86. The highest BCUT2D eigenvalue weighted by atomic mass is 16.5. The third-order valence-corrected chi connectivity index (χ3v) is 4.86. The number of methoxy groups -OCH3 is 2. The van der Waals surface area contributed by atoms with Crippen molar-refractivity contribution in [3.63, 3.8) is 0 Å². The largest absolute Gasteiger partial charge is 0.497 e. The lowest BCUT2D eigenvalue weighted by Crippen LogP contribution is -2.17. The fourth-order valence-electron chi connectivity index (χ4n) is 3.32. The third kappa shape index (κ3) is 5.70. The van der Waals surface area contributed by atoms with Crippen LogP contribution in [0.15, 0.2) is 35.9 Å². The number of carbonyl (C=O) groups excluding carboxylic acids is 1. The lowest BCUT2D eigenvalue weighted by Gasteiger charge is -2.14.